The zero-order chi connectivity index (χ0) is 14.7. The highest BCUT2D eigenvalue weighted by Crippen LogP contribution is 2.33. The number of aromatic nitrogens is 2. The third kappa shape index (κ3) is 3.07. The van der Waals surface area contributed by atoms with Crippen LogP contribution in [0.4, 0.5) is 0 Å². The molecule has 6 heteroatoms. The number of carbonyl (C=O) groups is 1. The van der Waals surface area contributed by atoms with Crippen LogP contribution in [0.5, 0.6) is 5.88 Å². The standard InChI is InChI=1S/C14H19N3O2S/c1-5-8(2)17-11(18)6-19-13-12-9(3)10(4)20-14(12)16-7-15-13/h7-8H,5-6H2,1-4H3,(H,17,18). The average Bonchev–Trinajstić information content (AvgIpc) is 2.72. The number of rotatable bonds is 5. The Labute approximate surface area is 122 Å². The Kier molecular flexibility index (Phi) is 4.54. The van der Waals surface area contributed by atoms with E-state index < -0.39 is 0 Å². The van der Waals surface area contributed by atoms with Gasteiger partial charge in [-0.3, -0.25) is 4.79 Å². The van der Waals surface area contributed by atoms with E-state index in [0.717, 1.165) is 22.2 Å². The van der Waals surface area contributed by atoms with Crippen LogP contribution >= 0.6 is 11.3 Å². The molecule has 0 bridgehead atoms. The zero-order valence-electron chi connectivity index (χ0n) is 12.2. The van der Waals surface area contributed by atoms with Gasteiger partial charge in [-0.25, -0.2) is 9.97 Å². The van der Waals surface area contributed by atoms with Crippen molar-refractivity contribution >= 4 is 27.5 Å². The van der Waals surface area contributed by atoms with Gasteiger partial charge in [-0.2, -0.15) is 0 Å². The SMILES string of the molecule is CCC(C)NC(=O)COc1ncnc2sc(C)c(C)c12. The average molecular weight is 293 g/mol. The third-order valence-corrected chi connectivity index (χ3v) is 4.41. The van der Waals surface area contributed by atoms with Crippen molar-refractivity contribution < 1.29 is 9.53 Å². The van der Waals surface area contributed by atoms with Crippen molar-refractivity contribution in [2.45, 2.75) is 40.2 Å². The number of hydrogen-bond acceptors (Lipinski definition) is 5. The number of amides is 1. The first-order chi connectivity index (χ1) is 9.52. The molecule has 0 fully saturated rings. The maximum absolute atomic E-state index is 11.7. The highest BCUT2D eigenvalue weighted by Gasteiger charge is 2.14. The van der Waals surface area contributed by atoms with Crippen LogP contribution in [0.2, 0.25) is 0 Å². The fourth-order valence-electron chi connectivity index (χ4n) is 1.81. The van der Waals surface area contributed by atoms with Gasteiger partial charge in [0.25, 0.3) is 5.91 Å². The van der Waals surface area contributed by atoms with Crippen molar-refractivity contribution in [2.75, 3.05) is 6.61 Å². The minimum Gasteiger partial charge on any atom is -0.467 e. The van der Waals surface area contributed by atoms with E-state index in [2.05, 4.69) is 15.3 Å². The highest BCUT2D eigenvalue weighted by atomic mass is 32.1. The van der Waals surface area contributed by atoms with Crippen LogP contribution in [0.25, 0.3) is 10.2 Å². The molecule has 2 rings (SSSR count). The lowest BCUT2D eigenvalue weighted by atomic mass is 10.2. The first-order valence-corrected chi connectivity index (χ1v) is 7.47. The number of thiophene rings is 1. The predicted molar refractivity (Wildman–Crippen MR) is 80.3 cm³/mol. The summed E-state index contributed by atoms with van der Waals surface area (Å²) in [6.45, 7) is 8.03. The number of nitrogens with one attached hydrogen (secondary N) is 1. The molecule has 0 aromatic carbocycles. The van der Waals surface area contributed by atoms with Gasteiger partial charge < -0.3 is 10.1 Å². The van der Waals surface area contributed by atoms with Gasteiger partial charge in [0.05, 0.1) is 5.39 Å². The summed E-state index contributed by atoms with van der Waals surface area (Å²) in [6.07, 6.45) is 2.37. The fourth-order valence-corrected chi connectivity index (χ4v) is 2.80. The minimum absolute atomic E-state index is 0.0230. The van der Waals surface area contributed by atoms with Crippen molar-refractivity contribution in [3.8, 4) is 5.88 Å². The van der Waals surface area contributed by atoms with E-state index in [1.54, 1.807) is 11.3 Å². The Morgan fingerprint density at radius 1 is 1.45 bits per heavy atom. The molecule has 2 aromatic heterocycles. The third-order valence-electron chi connectivity index (χ3n) is 3.29. The molecule has 0 aliphatic rings. The van der Waals surface area contributed by atoms with Crippen LogP contribution in [0.3, 0.4) is 0 Å². The van der Waals surface area contributed by atoms with Crippen LogP contribution in [0.1, 0.15) is 30.7 Å². The number of hydrogen-bond donors (Lipinski definition) is 1. The van der Waals surface area contributed by atoms with Crippen LogP contribution in [0, 0.1) is 13.8 Å². The van der Waals surface area contributed by atoms with Gasteiger partial charge >= 0.3 is 0 Å². The van der Waals surface area contributed by atoms with Gasteiger partial charge in [0, 0.05) is 10.9 Å². The lowest BCUT2D eigenvalue weighted by Crippen LogP contribution is -2.35. The summed E-state index contributed by atoms with van der Waals surface area (Å²) in [7, 11) is 0. The lowest BCUT2D eigenvalue weighted by molar-refractivity contribution is -0.123. The minimum atomic E-state index is -0.129. The zero-order valence-corrected chi connectivity index (χ0v) is 13.0. The van der Waals surface area contributed by atoms with E-state index in [4.69, 9.17) is 4.74 Å². The quantitative estimate of drug-likeness (QED) is 0.920. The Morgan fingerprint density at radius 2 is 2.20 bits per heavy atom. The van der Waals surface area contributed by atoms with Gasteiger partial charge in [-0.15, -0.1) is 11.3 Å². The van der Waals surface area contributed by atoms with Crippen LogP contribution < -0.4 is 10.1 Å². The number of nitrogens with zero attached hydrogens (tertiary/aromatic N) is 2. The van der Waals surface area contributed by atoms with Crippen molar-refractivity contribution in [3.63, 3.8) is 0 Å². The Morgan fingerprint density at radius 3 is 2.90 bits per heavy atom. The lowest BCUT2D eigenvalue weighted by Gasteiger charge is -2.12. The summed E-state index contributed by atoms with van der Waals surface area (Å²) in [5.74, 6) is 0.354. The van der Waals surface area contributed by atoms with Crippen molar-refractivity contribution in [1.82, 2.24) is 15.3 Å². The summed E-state index contributed by atoms with van der Waals surface area (Å²) in [5.41, 5.74) is 1.11. The molecular weight excluding hydrogens is 274 g/mol. The van der Waals surface area contributed by atoms with Gasteiger partial charge in [0.2, 0.25) is 5.88 Å². The van der Waals surface area contributed by atoms with E-state index in [1.165, 1.54) is 11.2 Å². The summed E-state index contributed by atoms with van der Waals surface area (Å²) < 4.78 is 5.56. The fraction of sp³-hybridized carbons (Fsp3) is 0.500. The molecule has 108 valence electrons. The molecule has 5 nitrogen and oxygen atoms in total. The van der Waals surface area contributed by atoms with Crippen molar-refractivity contribution in [2.24, 2.45) is 0 Å². The van der Waals surface area contributed by atoms with Crippen LogP contribution in [-0.4, -0.2) is 28.5 Å². The monoisotopic (exact) mass is 293 g/mol. The van der Waals surface area contributed by atoms with Gasteiger partial charge in [-0.1, -0.05) is 6.92 Å². The van der Waals surface area contributed by atoms with E-state index in [1.807, 2.05) is 27.7 Å². The van der Waals surface area contributed by atoms with Gasteiger partial charge in [-0.05, 0) is 32.8 Å². The molecule has 1 amide bonds. The molecule has 2 aromatic rings. The van der Waals surface area contributed by atoms with Gasteiger partial charge in [0.15, 0.2) is 6.61 Å². The van der Waals surface area contributed by atoms with Crippen molar-refractivity contribution in [1.29, 1.82) is 0 Å². The van der Waals surface area contributed by atoms with Crippen LogP contribution in [-0.2, 0) is 4.79 Å². The second-order valence-corrected chi connectivity index (χ2v) is 6.01. The molecule has 0 radical (unpaired) electrons. The van der Waals surface area contributed by atoms with Gasteiger partial charge in [0.1, 0.15) is 11.2 Å². The topological polar surface area (TPSA) is 64.1 Å². The number of fused-ring (bicyclic) bond motifs is 1. The molecule has 2 heterocycles. The van der Waals surface area contributed by atoms with E-state index >= 15 is 0 Å². The smallest absolute Gasteiger partial charge is 0.258 e. The van der Waals surface area contributed by atoms with E-state index in [0.29, 0.717) is 5.88 Å². The molecule has 20 heavy (non-hydrogen) atoms. The second-order valence-electron chi connectivity index (χ2n) is 4.81. The second kappa shape index (κ2) is 6.17. The maximum Gasteiger partial charge on any atom is 0.258 e. The summed E-state index contributed by atoms with van der Waals surface area (Å²) in [5, 5.41) is 3.77. The molecule has 1 atom stereocenters. The number of aryl methyl sites for hydroxylation is 2. The molecular formula is C14H19N3O2S. The van der Waals surface area contributed by atoms with Crippen LogP contribution in [0.15, 0.2) is 6.33 Å². The normalized spacial score (nSPS) is 12.4. The first kappa shape index (κ1) is 14.7. The van der Waals surface area contributed by atoms with E-state index in [-0.39, 0.29) is 18.6 Å². The molecule has 0 saturated heterocycles. The van der Waals surface area contributed by atoms with Crippen molar-refractivity contribution in [3.05, 3.63) is 16.8 Å². The molecule has 0 aliphatic carbocycles. The molecule has 0 aliphatic heterocycles. The number of ether oxygens (including phenoxy) is 1. The molecule has 1 N–H and O–H groups in total. The largest absolute Gasteiger partial charge is 0.467 e. The van der Waals surface area contributed by atoms with E-state index in [9.17, 15) is 4.79 Å². The predicted octanol–water partition coefficient (Wildman–Crippen LogP) is 2.60. The molecule has 1 unspecified atom stereocenters. The molecule has 0 spiro atoms. The Hall–Kier alpha value is -1.69. The summed E-state index contributed by atoms with van der Waals surface area (Å²) >= 11 is 1.61. The maximum atomic E-state index is 11.7. The Balaban J connectivity index is 2.12. The highest BCUT2D eigenvalue weighted by molar-refractivity contribution is 7.18. The number of carbonyl (C=O) groups excluding carboxylic acids is 1. The first-order valence-electron chi connectivity index (χ1n) is 6.65. The molecule has 0 saturated carbocycles. The summed E-state index contributed by atoms with van der Waals surface area (Å²) in [4.78, 5) is 22.2. The summed E-state index contributed by atoms with van der Waals surface area (Å²) in [6, 6.07) is 0.154. The Bertz CT molecular complexity index is 624.